The van der Waals surface area contributed by atoms with Crippen molar-refractivity contribution in [1.29, 1.82) is 0 Å². The standard InChI is InChI=1S/C30H30N4O5/c1-30(29(36)31-18-21-8-5-6-11-27(21)39-4)19-33-26(17-25(32-33)20-12-14-23(37-2)15-13-20)28(35)34(30)22-9-7-10-24(16-22)38-3/h5-17H,18-19H2,1-4H3,(H,31,36)/t30-/m1/s1. The molecule has 2 heterocycles. The van der Waals surface area contributed by atoms with Crippen molar-refractivity contribution in [2.45, 2.75) is 25.6 Å². The van der Waals surface area contributed by atoms with Crippen molar-refractivity contribution in [2.75, 3.05) is 26.2 Å². The largest absolute Gasteiger partial charge is 0.497 e. The molecule has 0 radical (unpaired) electrons. The minimum absolute atomic E-state index is 0.152. The first-order chi connectivity index (χ1) is 18.9. The zero-order valence-corrected chi connectivity index (χ0v) is 22.3. The lowest BCUT2D eigenvalue weighted by Gasteiger charge is -2.43. The van der Waals surface area contributed by atoms with E-state index in [1.807, 2.05) is 48.5 Å². The van der Waals surface area contributed by atoms with Gasteiger partial charge in [-0.3, -0.25) is 19.2 Å². The molecule has 1 atom stereocenters. The van der Waals surface area contributed by atoms with Crippen molar-refractivity contribution in [3.05, 3.63) is 90.1 Å². The average molecular weight is 527 g/mol. The van der Waals surface area contributed by atoms with Gasteiger partial charge in [-0.05, 0) is 55.5 Å². The SMILES string of the molecule is COc1ccc(-c2cc3n(n2)C[C@](C)(C(=O)NCc2ccccc2OC)N(c2cccc(OC)c2)C3=O)cc1. The summed E-state index contributed by atoms with van der Waals surface area (Å²) in [7, 11) is 4.76. The first kappa shape index (κ1) is 25.8. The fourth-order valence-corrected chi connectivity index (χ4v) is 4.85. The molecule has 0 fully saturated rings. The van der Waals surface area contributed by atoms with E-state index in [0.29, 0.717) is 28.6 Å². The van der Waals surface area contributed by atoms with Gasteiger partial charge in [0.15, 0.2) is 0 Å². The topological polar surface area (TPSA) is 94.9 Å². The number of amides is 2. The Morgan fingerprint density at radius 2 is 1.67 bits per heavy atom. The molecule has 9 heteroatoms. The normalized spacial score (nSPS) is 16.4. The van der Waals surface area contributed by atoms with Crippen LogP contribution in [0.5, 0.6) is 17.2 Å². The number of rotatable bonds is 8. The van der Waals surface area contributed by atoms with E-state index < -0.39 is 5.54 Å². The van der Waals surface area contributed by atoms with E-state index in [1.54, 1.807) is 63.3 Å². The summed E-state index contributed by atoms with van der Waals surface area (Å²) in [5, 5.41) is 7.73. The number of carbonyl (C=O) groups is 2. The van der Waals surface area contributed by atoms with Crippen LogP contribution in [0.15, 0.2) is 78.9 Å². The van der Waals surface area contributed by atoms with Gasteiger partial charge in [0.25, 0.3) is 5.91 Å². The molecule has 39 heavy (non-hydrogen) atoms. The van der Waals surface area contributed by atoms with Crippen molar-refractivity contribution >= 4 is 17.5 Å². The summed E-state index contributed by atoms with van der Waals surface area (Å²) >= 11 is 0. The summed E-state index contributed by atoms with van der Waals surface area (Å²) in [6.07, 6.45) is 0. The molecule has 5 rings (SSSR count). The number of aromatic nitrogens is 2. The van der Waals surface area contributed by atoms with Gasteiger partial charge in [0.2, 0.25) is 5.91 Å². The first-order valence-corrected chi connectivity index (χ1v) is 12.5. The second kappa shape index (κ2) is 10.5. The molecule has 9 nitrogen and oxygen atoms in total. The van der Waals surface area contributed by atoms with E-state index in [0.717, 1.165) is 16.9 Å². The third-order valence-corrected chi connectivity index (χ3v) is 6.97. The number of methoxy groups -OCH3 is 3. The molecule has 1 N–H and O–H groups in total. The molecular weight excluding hydrogens is 496 g/mol. The smallest absolute Gasteiger partial charge is 0.277 e. The number of hydrogen-bond acceptors (Lipinski definition) is 6. The average Bonchev–Trinajstić information content (AvgIpc) is 3.40. The van der Waals surface area contributed by atoms with Gasteiger partial charge in [-0.25, -0.2) is 0 Å². The van der Waals surface area contributed by atoms with E-state index in [4.69, 9.17) is 19.3 Å². The maximum Gasteiger partial charge on any atom is 0.277 e. The van der Waals surface area contributed by atoms with Crippen molar-refractivity contribution in [3.63, 3.8) is 0 Å². The molecule has 4 aromatic rings. The van der Waals surface area contributed by atoms with Crippen LogP contribution in [0.3, 0.4) is 0 Å². The fraction of sp³-hybridized carbons (Fsp3) is 0.233. The van der Waals surface area contributed by atoms with Gasteiger partial charge in [-0.15, -0.1) is 0 Å². The van der Waals surface area contributed by atoms with Gasteiger partial charge in [0, 0.05) is 29.4 Å². The molecular formula is C30H30N4O5. The second-order valence-corrected chi connectivity index (χ2v) is 9.41. The number of fused-ring (bicyclic) bond motifs is 1. The molecule has 200 valence electrons. The molecule has 2 amide bonds. The molecule has 0 bridgehead atoms. The summed E-state index contributed by atoms with van der Waals surface area (Å²) in [6.45, 7) is 2.14. The van der Waals surface area contributed by atoms with Crippen molar-refractivity contribution in [2.24, 2.45) is 0 Å². The van der Waals surface area contributed by atoms with Gasteiger partial charge in [0.1, 0.15) is 28.5 Å². The monoisotopic (exact) mass is 526 g/mol. The van der Waals surface area contributed by atoms with Crippen LogP contribution in [0.2, 0.25) is 0 Å². The van der Waals surface area contributed by atoms with Crippen LogP contribution in [0.4, 0.5) is 5.69 Å². The summed E-state index contributed by atoms with van der Waals surface area (Å²) in [5.41, 5.74) is 1.94. The quantitative estimate of drug-likeness (QED) is 0.368. The Morgan fingerprint density at radius 3 is 2.38 bits per heavy atom. The molecule has 0 aliphatic carbocycles. The number of carbonyl (C=O) groups excluding carboxylic acids is 2. The number of ether oxygens (including phenoxy) is 3. The van der Waals surface area contributed by atoms with E-state index >= 15 is 0 Å². The third-order valence-electron chi connectivity index (χ3n) is 6.97. The lowest BCUT2D eigenvalue weighted by Crippen LogP contribution is -2.64. The molecule has 1 aliphatic heterocycles. The number of anilines is 1. The lowest BCUT2D eigenvalue weighted by molar-refractivity contribution is -0.126. The molecule has 0 spiro atoms. The highest BCUT2D eigenvalue weighted by Crippen LogP contribution is 2.36. The fourth-order valence-electron chi connectivity index (χ4n) is 4.85. The highest BCUT2D eigenvalue weighted by Gasteiger charge is 2.49. The van der Waals surface area contributed by atoms with Gasteiger partial charge < -0.3 is 19.5 Å². The van der Waals surface area contributed by atoms with E-state index in [-0.39, 0.29) is 24.9 Å². The van der Waals surface area contributed by atoms with Gasteiger partial charge in [-0.1, -0.05) is 24.3 Å². The minimum atomic E-state index is -1.29. The minimum Gasteiger partial charge on any atom is -0.497 e. The maximum absolute atomic E-state index is 14.1. The number of nitrogens with zero attached hydrogens (tertiary/aromatic N) is 3. The van der Waals surface area contributed by atoms with E-state index in [1.165, 1.54) is 4.90 Å². The third kappa shape index (κ3) is 4.79. The summed E-state index contributed by atoms with van der Waals surface area (Å²) in [5.74, 6) is 1.32. The Kier molecular flexibility index (Phi) is 6.98. The zero-order valence-electron chi connectivity index (χ0n) is 22.3. The van der Waals surface area contributed by atoms with Crippen LogP contribution in [0, 0.1) is 0 Å². The van der Waals surface area contributed by atoms with E-state index in [2.05, 4.69) is 5.32 Å². The van der Waals surface area contributed by atoms with Crippen molar-refractivity contribution in [3.8, 4) is 28.5 Å². The summed E-state index contributed by atoms with van der Waals surface area (Å²) < 4.78 is 17.7. The first-order valence-electron chi connectivity index (χ1n) is 12.5. The Hall–Kier alpha value is -4.79. The van der Waals surface area contributed by atoms with Crippen molar-refractivity contribution in [1.82, 2.24) is 15.1 Å². The second-order valence-electron chi connectivity index (χ2n) is 9.41. The molecule has 0 unspecified atom stereocenters. The van der Waals surface area contributed by atoms with Gasteiger partial charge in [0.05, 0.1) is 33.6 Å². The van der Waals surface area contributed by atoms with Gasteiger partial charge in [-0.2, -0.15) is 5.10 Å². The lowest BCUT2D eigenvalue weighted by atomic mass is 9.93. The van der Waals surface area contributed by atoms with Crippen LogP contribution in [-0.4, -0.2) is 48.5 Å². The van der Waals surface area contributed by atoms with Crippen LogP contribution in [0.1, 0.15) is 23.0 Å². The number of hydrogen-bond donors (Lipinski definition) is 1. The summed E-state index contributed by atoms with van der Waals surface area (Å²) in [6, 6.07) is 23.8. The zero-order chi connectivity index (χ0) is 27.6. The maximum atomic E-state index is 14.1. The number of para-hydroxylation sites is 1. The molecule has 0 saturated heterocycles. The molecule has 1 aromatic heterocycles. The van der Waals surface area contributed by atoms with Crippen LogP contribution in [-0.2, 0) is 17.9 Å². The van der Waals surface area contributed by atoms with Crippen LogP contribution >= 0.6 is 0 Å². The highest BCUT2D eigenvalue weighted by molar-refractivity contribution is 6.12. The predicted octanol–water partition coefficient (Wildman–Crippen LogP) is 4.31. The Balaban J connectivity index is 1.54. The predicted molar refractivity (Wildman–Crippen MR) is 147 cm³/mol. The Labute approximate surface area is 226 Å². The number of nitrogens with one attached hydrogen (secondary N) is 1. The van der Waals surface area contributed by atoms with E-state index in [9.17, 15) is 9.59 Å². The Morgan fingerprint density at radius 1 is 0.923 bits per heavy atom. The Bertz CT molecular complexity index is 1510. The molecule has 0 saturated carbocycles. The summed E-state index contributed by atoms with van der Waals surface area (Å²) in [4.78, 5) is 29.5. The van der Waals surface area contributed by atoms with Crippen LogP contribution in [0.25, 0.3) is 11.3 Å². The highest BCUT2D eigenvalue weighted by atomic mass is 16.5. The van der Waals surface area contributed by atoms with Crippen molar-refractivity contribution < 1.29 is 23.8 Å². The van der Waals surface area contributed by atoms with Gasteiger partial charge >= 0.3 is 0 Å². The molecule has 1 aliphatic rings. The molecule has 3 aromatic carbocycles. The van der Waals surface area contributed by atoms with Crippen LogP contribution < -0.4 is 24.4 Å². The number of benzene rings is 3.